The molecule has 1 aromatic rings. The maximum Gasteiger partial charge on any atom is 0.308 e. The summed E-state index contributed by atoms with van der Waals surface area (Å²) >= 11 is 0. The van der Waals surface area contributed by atoms with Gasteiger partial charge in [-0.3, -0.25) is 4.79 Å². The van der Waals surface area contributed by atoms with Crippen LogP contribution in [0.4, 0.5) is 0 Å². The van der Waals surface area contributed by atoms with Crippen molar-refractivity contribution in [1.82, 2.24) is 5.32 Å². The average Bonchev–Trinajstić information content (AvgIpc) is 2.60. The Morgan fingerprint density at radius 3 is 2.83 bits per heavy atom. The van der Waals surface area contributed by atoms with E-state index in [1.165, 1.54) is 0 Å². The number of hydrogen-bond acceptors (Lipinski definition) is 5. The zero-order valence-corrected chi connectivity index (χ0v) is 14.8. The lowest BCUT2D eigenvalue weighted by atomic mass is 10.1. The predicted molar refractivity (Wildman–Crippen MR) is 97.3 cm³/mol. The monoisotopic (exact) mass is 334 g/mol. The molecule has 134 valence electrons. The first kappa shape index (κ1) is 20.0. The van der Waals surface area contributed by atoms with Gasteiger partial charge in [0.1, 0.15) is 0 Å². The third-order valence-electron chi connectivity index (χ3n) is 3.47. The molecule has 5 nitrogen and oxygen atoms in total. The normalized spacial score (nSPS) is 11.3. The first-order valence-corrected chi connectivity index (χ1v) is 8.69. The van der Waals surface area contributed by atoms with Crippen molar-refractivity contribution < 1.29 is 14.3 Å². The highest BCUT2D eigenvalue weighted by atomic mass is 16.5. The van der Waals surface area contributed by atoms with Crippen LogP contribution in [0.15, 0.2) is 30.5 Å². The van der Waals surface area contributed by atoms with Gasteiger partial charge in [-0.05, 0) is 37.0 Å². The van der Waals surface area contributed by atoms with Crippen LogP contribution in [0.2, 0.25) is 0 Å². The lowest BCUT2D eigenvalue weighted by Gasteiger charge is -2.08. The van der Waals surface area contributed by atoms with Gasteiger partial charge in [0.05, 0.1) is 31.9 Å². The van der Waals surface area contributed by atoms with E-state index in [4.69, 9.17) is 15.2 Å². The molecular weight excluding hydrogens is 304 g/mol. The summed E-state index contributed by atoms with van der Waals surface area (Å²) in [6.45, 7) is 6.40. The Labute approximate surface area is 145 Å². The molecule has 1 rings (SSSR count). The number of carbonyl (C=O) groups excluding carboxylic acids is 1. The van der Waals surface area contributed by atoms with E-state index in [0.29, 0.717) is 26.2 Å². The Morgan fingerprint density at radius 2 is 2.08 bits per heavy atom. The molecule has 0 aliphatic rings. The van der Waals surface area contributed by atoms with E-state index in [1.54, 1.807) is 0 Å². The van der Waals surface area contributed by atoms with Crippen LogP contribution in [-0.2, 0) is 20.7 Å². The maximum atomic E-state index is 11.4. The summed E-state index contributed by atoms with van der Waals surface area (Å²) in [6.07, 6.45) is 4.85. The lowest BCUT2D eigenvalue weighted by molar-refractivity contribution is -0.144. The van der Waals surface area contributed by atoms with Crippen molar-refractivity contribution in [3.05, 3.63) is 41.6 Å². The van der Waals surface area contributed by atoms with Crippen LogP contribution in [0.25, 0.3) is 5.70 Å². The molecule has 0 amide bonds. The Balaban J connectivity index is 2.27. The van der Waals surface area contributed by atoms with Crippen molar-refractivity contribution in [2.24, 2.45) is 5.73 Å². The summed E-state index contributed by atoms with van der Waals surface area (Å²) in [7, 11) is 0. The smallest absolute Gasteiger partial charge is 0.308 e. The van der Waals surface area contributed by atoms with E-state index >= 15 is 0 Å². The molecule has 0 unspecified atom stereocenters. The molecule has 5 heteroatoms. The first-order valence-electron chi connectivity index (χ1n) is 8.69. The van der Waals surface area contributed by atoms with Gasteiger partial charge in [-0.25, -0.2) is 0 Å². The minimum Gasteiger partial charge on any atom is -0.466 e. The fourth-order valence-electron chi connectivity index (χ4n) is 2.05. The highest BCUT2D eigenvalue weighted by Crippen LogP contribution is 2.11. The first-order chi connectivity index (χ1) is 11.7. The quantitative estimate of drug-likeness (QED) is 0.454. The summed E-state index contributed by atoms with van der Waals surface area (Å²) < 4.78 is 10.6. The Bertz CT molecular complexity index is 515. The summed E-state index contributed by atoms with van der Waals surface area (Å²) in [5.41, 5.74) is 8.89. The Hall–Kier alpha value is -2.01. The van der Waals surface area contributed by atoms with E-state index in [-0.39, 0.29) is 5.97 Å². The molecule has 1 aromatic carbocycles. The molecule has 0 spiro atoms. The van der Waals surface area contributed by atoms with Crippen LogP contribution in [-0.4, -0.2) is 32.3 Å². The van der Waals surface area contributed by atoms with Crippen LogP contribution in [0, 0.1) is 0 Å². The van der Waals surface area contributed by atoms with Crippen molar-refractivity contribution >= 4 is 11.7 Å². The number of rotatable bonds is 12. The molecular formula is C19H30N2O3. The fourth-order valence-corrected chi connectivity index (χ4v) is 2.05. The Morgan fingerprint density at radius 1 is 1.25 bits per heavy atom. The third kappa shape index (κ3) is 8.58. The van der Waals surface area contributed by atoms with Gasteiger partial charge >= 0.3 is 5.97 Å². The van der Waals surface area contributed by atoms with Crippen molar-refractivity contribution in [3.63, 3.8) is 0 Å². The lowest BCUT2D eigenvalue weighted by Crippen LogP contribution is -2.10. The number of carbonyl (C=O) groups is 1. The number of unbranched alkanes of at least 4 members (excludes halogenated alkanes) is 1. The van der Waals surface area contributed by atoms with Gasteiger partial charge in [0.25, 0.3) is 0 Å². The zero-order chi connectivity index (χ0) is 17.6. The van der Waals surface area contributed by atoms with Crippen molar-refractivity contribution in [1.29, 1.82) is 0 Å². The van der Waals surface area contributed by atoms with Crippen LogP contribution < -0.4 is 11.1 Å². The number of ether oxygens (including phenoxy) is 2. The topological polar surface area (TPSA) is 73.6 Å². The molecule has 0 aliphatic heterocycles. The van der Waals surface area contributed by atoms with E-state index in [2.05, 4.69) is 18.3 Å². The summed E-state index contributed by atoms with van der Waals surface area (Å²) in [5.74, 6) is -0.188. The molecule has 0 bridgehead atoms. The second-order valence-corrected chi connectivity index (χ2v) is 5.54. The molecule has 3 N–H and O–H groups in total. The van der Waals surface area contributed by atoms with Crippen molar-refractivity contribution in [2.45, 2.75) is 39.5 Å². The minimum atomic E-state index is -0.188. The summed E-state index contributed by atoms with van der Waals surface area (Å²) in [5, 5.41) is 3.10. The molecule has 0 atom stereocenters. The predicted octanol–water partition coefficient (Wildman–Crippen LogP) is 2.85. The van der Waals surface area contributed by atoms with Crippen molar-refractivity contribution in [2.75, 3.05) is 26.4 Å². The third-order valence-corrected chi connectivity index (χ3v) is 3.47. The number of nitrogens with one attached hydrogen (secondary N) is 1. The molecule has 0 fully saturated rings. The minimum absolute atomic E-state index is 0.188. The van der Waals surface area contributed by atoms with Gasteiger partial charge in [-0.1, -0.05) is 31.5 Å². The van der Waals surface area contributed by atoms with Crippen LogP contribution in [0.3, 0.4) is 0 Å². The Kier molecular flexibility index (Phi) is 10.4. The number of nitrogens with two attached hydrogens (primary N) is 1. The second kappa shape index (κ2) is 12.4. The van der Waals surface area contributed by atoms with E-state index in [1.807, 2.05) is 31.3 Å². The van der Waals surface area contributed by atoms with Gasteiger partial charge in [0.15, 0.2) is 0 Å². The van der Waals surface area contributed by atoms with Gasteiger partial charge in [-0.15, -0.1) is 0 Å². The van der Waals surface area contributed by atoms with E-state index < -0.39 is 0 Å². The molecule has 0 radical (unpaired) electrons. The molecule has 0 aliphatic carbocycles. The van der Waals surface area contributed by atoms with E-state index in [9.17, 15) is 4.79 Å². The van der Waals surface area contributed by atoms with E-state index in [0.717, 1.165) is 42.6 Å². The van der Waals surface area contributed by atoms with Gasteiger partial charge in [-0.2, -0.15) is 0 Å². The largest absolute Gasteiger partial charge is 0.466 e. The van der Waals surface area contributed by atoms with Gasteiger partial charge in [0, 0.05) is 12.7 Å². The van der Waals surface area contributed by atoms with Crippen LogP contribution >= 0.6 is 0 Å². The molecule has 24 heavy (non-hydrogen) atoms. The SMILES string of the molecule is CCCCOC(=O)CCOCCc1cccc(/C(N)=C/NCC)c1. The van der Waals surface area contributed by atoms with Gasteiger partial charge in [0.2, 0.25) is 0 Å². The number of hydrogen-bond donors (Lipinski definition) is 2. The summed E-state index contributed by atoms with van der Waals surface area (Å²) in [6, 6.07) is 8.08. The highest BCUT2D eigenvalue weighted by Gasteiger charge is 2.03. The number of esters is 1. The average molecular weight is 334 g/mol. The standard InChI is InChI=1S/C19H30N2O3/c1-3-5-11-24-19(22)10-13-23-12-9-16-7-6-8-17(14-16)18(20)15-21-4-2/h6-8,14-15,21H,3-5,9-13,20H2,1-2H3/b18-15-. The molecule has 0 heterocycles. The van der Waals surface area contributed by atoms with Crippen LogP contribution in [0.5, 0.6) is 0 Å². The highest BCUT2D eigenvalue weighted by molar-refractivity contribution is 5.69. The second-order valence-electron chi connectivity index (χ2n) is 5.54. The van der Waals surface area contributed by atoms with Crippen LogP contribution in [0.1, 0.15) is 44.2 Å². The van der Waals surface area contributed by atoms with Crippen molar-refractivity contribution in [3.8, 4) is 0 Å². The fraction of sp³-hybridized carbons (Fsp3) is 0.526. The number of benzene rings is 1. The molecule has 0 saturated heterocycles. The van der Waals surface area contributed by atoms with Gasteiger partial charge < -0.3 is 20.5 Å². The summed E-state index contributed by atoms with van der Waals surface area (Å²) in [4.78, 5) is 11.4. The molecule has 0 saturated carbocycles. The zero-order valence-electron chi connectivity index (χ0n) is 14.8. The maximum absolute atomic E-state index is 11.4. The molecule has 0 aromatic heterocycles.